The molecule has 1 fully saturated rings. The molecular formula is C12H12F3NO2. The molecule has 3 nitrogen and oxygen atoms in total. The van der Waals surface area contributed by atoms with Gasteiger partial charge in [-0.05, 0) is 18.2 Å². The molecule has 98 valence electrons. The molecule has 0 atom stereocenters. The molecule has 2 rings (SSSR count). The number of benzene rings is 1. The van der Waals surface area contributed by atoms with Crippen molar-refractivity contribution >= 4 is 12.0 Å². The molecule has 0 bridgehead atoms. The van der Waals surface area contributed by atoms with Crippen LogP contribution in [0.25, 0.3) is 0 Å². The Morgan fingerprint density at radius 3 is 2.39 bits per heavy atom. The van der Waals surface area contributed by atoms with Crippen molar-refractivity contribution in [3.8, 4) is 0 Å². The average Bonchev–Trinajstić information content (AvgIpc) is 2.38. The fourth-order valence-corrected chi connectivity index (χ4v) is 1.87. The van der Waals surface area contributed by atoms with Gasteiger partial charge in [0.1, 0.15) is 6.29 Å². The predicted molar refractivity (Wildman–Crippen MR) is 59.9 cm³/mol. The number of morpholine rings is 1. The summed E-state index contributed by atoms with van der Waals surface area (Å²) < 4.78 is 43.2. The first-order valence-corrected chi connectivity index (χ1v) is 5.51. The molecule has 6 heteroatoms. The molecule has 0 amide bonds. The fraction of sp³-hybridized carbons (Fsp3) is 0.417. The van der Waals surface area contributed by atoms with Crippen molar-refractivity contribution in [2.45, 2.75) is 6.18 Å². The lowest BCUT2D eigenvalue weighted by molar-refractivity contribution is -0.137. The predicted octanol–water partition coefficient (Wildman–Crippen LogP) is 2.35. The number of aldehydes is 1. The van der Waals surface area contributed by atoms with Crippen LogP contribution in [0.2, 0.25) is 0 Å². The van der Waals surface area contributed by atoms with Gasteiger partial charge in [0.05, 0.1) is 18.8 Å². The summed E-state index contributed by atoms with van der Waals surface area (Å²) in [6.07, 6.45) is -4.01. The van der Waals surface area contributed by atoms with Crippen molar-refractivity contribution in [1.29, 1.82) is 0 Å². The molecule has 1 aliphatic heterocycles. The van der Waals surface area contributed by atoms with E-state index < -0.39 is 11.7 Å². The van der Waals surface area contributed by atoms with Gasteiger partial charge in [-0.15, -0.1) is 0 Å². The van der Waals surface area contributed by atoms with Crippen molar-refractivity contribution in [1.82, 2.24) is 0 Å². The number of carbonyl (C=O) groups excluding carboxylic acids is 1. The van der Waals surface area contributed by atoms with Gasteiger partial charge in [-0.2, -0.15) is 13.2 Å². The lowest BCUT2D eigenvalue weighted by Gasteiger charge is -2.29. The summed E-state index contributed by atoms with van der Waals surface area (Å²) in [5.74, 6) is 0. The number of halogens is 3. The van der Waals surface area contributed by atoms with Crippen molar-refractivity contribution in [2.75, 3.05) is 31.2 Å². The van der Waals surface area contributed by atoms with Gasteiger partial charge in [0.25, 0.3) is 0 Å². The monoisotopic (exact) mass is 259 g/mol. The normalized spacial score (nSPS) is 16.7. The molecule has 0 spiro atoms. The SMILES string of the molecule is O=Cc1cc(N2CCOCC2)cc(C(F)(F)F)c1. The van der Waals surface area contributed by atoms with Crippen LogP contribution in [-0.4, -0.2) is 32.6 Å². The van der Waals surface area contributed by atoms with E-state index in [-0.39, 0.29) is 5.56 Å². The van der Waals surface area contributed by atoms with E-state index in [4.69, 9.17) is 4.74 Å². The van der Waals surface area contributed by atoms with E-state index in [1.165, 1.54) is 6.07 Å². The summed E-state index contributed by atoms with van der Waals surface area (Å²) >= 11 is 0. The molecule has 0 aromatic heterocycles. The lowest BCUT2D eigenvalue weighted by Crippen LogP contribution is -2.36. The third-order valence-electron chi connectivity index (χ3n) is 2.78. The largest absolute Gasteiger partial charge is 0.416 e. The highest BCUT2D eigenvalue weighted by Gasteiger charge is 2.31. The van der Waals surface area contributed by atoms with E-state index in [1.54, 1.807) is 4.90 Å². The van der Waals surface area contributed by atoms with Gasteiger partial charge in [-0.3, -0.25) is 4.79 Å². The second-order valence-corrected chi connectivity index (χ2v) is 4.03. The molecule has 0 unspecified atom stereocenters. The van der Waals surface area contributed by atoms with Gasteiger partial charge in [-0.1, -0.05) is 0 Å². The Bertz CT molecular complexity index is 439. The molecule has 1 saturated heterocycles. The summed E-state index contributed by atoms with van der Waals surface area (Å²) in [6.45, 7) is 2.01. The van der Waals surface area contributed by atoms with Crippen LogP contribution in [0.15, 0.2) is 18.2 Å². The zero-order valence-corrected chi connectivity index (χ0v) is 9.54. The molecule has 0 radical (unpaired) electrons. The Hall–Kier alpha value is -1.56. The summed E-state index contributed by atoms with van der Waals surface area (Å²) in [4.78, 5) is 12.5. The average molecular weight is 259 g/mol. The number of anilines is 1. The van der Waals surface area contributed by atoms with Gasteiger partial charge < -0.3 is 9.64 Å². The topological polar surface area (TPSA) is 29.5 Å². The third kappa shape index (κ3) is 2.81. The molecule has 1 heterocycles. The second kappa shape index (κ2) is 4.97. The van der Waals surface area contributed by atoms with Crippen molar-refractivity contribution in [2.24, 2.45) is 0 Å². The van der Waals surface area contributed by atoms with Crippen LogP contribution in [0.1, 0.15) is 15.9 Å². The highest BCUT2D eigenvalue weighted by Crippen LogP contribution is 2.32. The number of nitrogens with zero attached hydrogens (tertiary/aromatic N) is 1. The maximum atomic E-state index is 12.7. The van der Waals surface area contributed by atoms with E-state index in [0.29, 0.717) is 38.3 Å². The first-order chi connectivity index (χ1) is 8.50. The number of hydrogen-bond donors (Lipinski definition) is 0. The Morgan fingerprint density at radius 1 is 1.17 bits per heavy atom. The van der Waals surface area contributed by atoms with Crippen LogP contribution in [-0.2, 0) is 10.9 Å². The minimum atomic E-state index is -4.44. The molecule has 18 heavy (non-hydrogen) atoms. The molecule has 0 N–H and O–H groups in total. The van der Waals surface area contributed by atoms with Crippen LogP contribution in [0.4, 0.5) is 18.9 Å². The number of alkyl halides is 3. The Labute approximate surface area is 102 Å². The number of carbonyl (C=O) groups is 1. The van der Waals surface area contributed by atoms with Crippen molar-refractivity contribution < 1.29 is 22.7 Å². The minimum absolute atomic E-state index is 0.0336. The Kier molecular flexibility index (Phi) is 3.56. The zero-order valence-electron chi connectivity index (χ0n) is 9.54. The van der Waals surface area contributed by atoms with Gasteiger partial charge in [0.15, 0.2) is 0 Å². The van der Waals surface area contributed by atoms with Gasteiger partial charge in [0, 0.05) is 24.3 Å². The summed E-state index contributed by atoms with van der Waals surface area (Å²) in [6, 6.07) is 3.39. The van der Waals surface area contributed by atoms with Crippen LogP contribution < -0.4 is 4.90 Å². The summed E-state index contributed by atoms with van der Waals surface area (Å²) in [7, 11) is 0. The van der Waals surface area contributed by atoms with E-state index in [2.05, 4.69) is 0 Å². The smallest absolute Gasteiger partial charge is 0.378 e. The van der Waals surface area contributed by atoms with E-state index in [9.17, 15) is 18.0 Å². The zero-order chi connectivity index (χ0) is 13.2. The molecule has 0 aliphatic carbocycles. The summed E-state index contributed by atoms with van der Waals surface area (Å²) in [5, 5.41) is 0. The van der Waals surface area contributed by atoms with Crippen LogP contribution in [0.5, 0.6) is 0 Å². The maximum absolute atomic E-state index is 12.7. The standard InChI is InChI=1S/C12H12F3NO2/c13-12(14,15)10-5-9(8-17)6-11(7-10)16-1-3-18-4-2-16/h5-8H,1-4H2. The van der Waals surface area contributed by atoms with E-state index in [1.807, 2.05) is 0 Å². The molecule has 0 saturated carbocycles. The molecule has 1 aromatic rings. The van der Waals surface area contributed by atoms with E-state index >= 15 is 0 Å². The third-order valence-corrected chi connectivity index (χ3v) is 2.78. The number of ether oxygens (including phenoxy) is 1. The lowest BCUT2D eigenvalue weighted by atomic mass is 10.1. The van der Waals surface area contributed by atoms with Gasteiger partial charge >= 0.3 is 6.18 Å². The van der Waals surface area contributed by atoms with Crippen LogP contribution in [0, 0.1) is 0 Å². The maximum Gasteiger partial charge on any atom is 0.416 e. The first-order valence-electron chi connectivity index (χ1n) is 5.51. The second-order valence-electron chi connectivity index (χ2n) is 4.03. The van der Waals surface area contributed by atoms with Crippen LogP contribution >= 0.6 is 0 Å². The minimum Gasteiger partial charge on any atom is -0.378 e. The Balaban J connectivity index is 2.37. The number of rotatable bonds is 2. The summed E-state index contributed by atoms with van der Waals surface area (Å²) in [5.41, 5.74) is -0.352. The van der Waals surface area contributed by atoms with Crippen molar-refractivity contribution in [3.05, 3.63) is 29.3 Å². The number of hydrogen-bond acceptors (Lipinski definition) is 3. The fourth-order valence-electron chi connectivity index (χ4n) is 1.87. The molecular weight excluding hydrogens is 247 g/mol. The molecule has 1 aliphatic rings. The quantitative estimate of drug-likeness (QED) is 0.763. The van der Waals surface area contributed by atoms with Gasteiger partial charge in [0.2, 0.25) is 0 Å². The highest BCUT2D eigenvalue weighted by molar-refractivity contribution is 5.78. The van der Waals surface area contributed by atoms with Crippen molar-refractivity contribution in [3.63, 3.8) is 0 Å². The van der Waals surface area contributed by atoms with E-state index in [0.717, 1.165) is 12.1 Å². The first kappa shape index (κ1) is 12.9. The Morgan fingerprint density at radius 2 is 1.83 bits per heavy atom. The molecule has 1 aromatic carbocycles. The highest BCUT2D eigenvalue weighted by atomic mass is 19.4. The van der Waals surface area contributed by atoms with Gasteiger partial charge in [-0.25, -0.2) is 0 Å². The van der Waals surface area contributed by atoms with Crippen LogP contribution in [0.3, 0.4) is 0 Å².